The molecule has 0 spiro atoms. The van der Waals surface area contributed by atoms with Gasteiger partial charge in [0.05, 0.1) is 0 Å². The van der Waals surface area contributed by atoms with E-state index >= 15 is 0 Å². The minimum atomic E-state index is 0.0711. The first-order valence-corrected chi connectivity index (χ1v) is 4.92. The highest BCUT2D eigenvalue weighted by molar-refractivity contribution is 5.35. The van der Waals surface area contributed by atoms with Gasteiger partial charge in [-0.2, -0.15) is 0 Å². The zero-order valence-electron chi connectivity index (χ0n) is 9.39. The summed E-state index contributed by atoms with van der Waals surface area (Å²) in [6, 6.07) is 5.86. The first-order valence-electron chi connectivity index (χ1n) is 4.92. The zero-order chi connectivity index (χ0) is 10.8. The number of aromatic hydroxyl groups is 1. The van der Waals surface area contributed by atoms with Gasteiger partial charge in [0.2, 0.25) is 0 Å². The number of likely N-dealkylation sites (N-methyl/N-ethyl adjacent to an activating group) is 1. The van der Waals surface area contributed by atoms with Gasteiger partial charge in [0.15, 0.2) is 0 Å². The van der Waals surface area contributed by atoms with Gasteiger partial charge in [-0.15, -0.1) is 0 Å². The molecule has 0 bridgehead atoms. The second-order valence-electron chi connectivity index (χ2n) is 4.43. The van der Waals surface area contributed by atoms with Crippen molar-refractivity contribution >= 4 is 0 Å². The fourth-order valence-electron chi connectivity index (χ4n) is 1.36. The van der Waals surface area contributed by atoms with E-state index in [0.717, 1.165) is 17.5 Å². The van der Waals surface area contributed by atoms with Gasteiger partial charge in [0, 0.05) is 5.54 Å². The zero-order valence-corrected chi connectivity index (χ0v) is 9.39. The largest absolute Gasteiger partial charge is 0.508 e. The standard InChI is InChI=1S/C12H19NO/c1-9-5-6-10(7-11(9)14)8-12(2,3)13-4/h5-7,13-14H,8H2,1-4H3. The SMILES string of the molecule is CNC(C)(C)Cc1ccc(C)c(O)c1. The van der Waals surface area contributed by atoms with Crippen molar-refractivity contribution in [3.63, 3.8) is 0 Å². The Morgan fingerprint density at radius 1 is 1.36 bits per heavy atom. The van der Waals surface area contributed by atoms with E-state index in [4.69, 9.17) is 0 Å². The summed E-state index contributed by atoms with van der Waals surface area (Å²) < 4.78 is 0. The summed E-state index contributed by atoms with van der Waals surface area (Å²) in [7, 11) is 1.95. The molecule has 78 valence electrons. The van der Waals surface area contributed by atoms with Crippen molar-refractivity contribution in [2.75, 3.05) is 7.05 Å². The highest BCUT2D eigenvalue weighted by Gasteiger charge is 2.15. The molecule has 0 atom stereocenters. The number of phenols is 1. The van der Waals surface area contributed by atoms with Crippen molar-refractivity contribution in [1.29, 1.82) is 0 Å². The van der Waals surface area contributed by atoms with Crippen LogP contribution in [-0.4, -0.2) is 17.7 Å². The third-order valence-corrected chi connectivity index (χ3v) is 2.60. The number of hydrogen-bond acceptors (Lipinski definition) is 2. The van der Waals surface area contributed by atoms with Gasteiger partial charge in [-0.1, -0.05) is 12.1 Å². The van der Waals surface area contributed by atoms with E-state index in [2.05, 4.69) is 25.2 Å². The molecule has 0 amide bonds. The summed E-state index contributed by atoms with van der Waals surface area (Å²) in [6.45, 7) is 6.19. The Morgan fingerprint density at radius 3 is 2.50 bits per heavy atom. The first-order chi connectivity index (χ1) is 6.44. The predicted molar refractivity (Wildman–Crippen MR) is 59.7 cm³/mol. The molecule has 1 rings (SSSR count). The van der Waals surface area contributed by atoms with E-state index in [-0.39, 0.29) is 5.54 Å². The van der Waals surface area contributed by atoms with Crippen molar-refractivity contribution in [2.24, 2.45) is 0 Å². The summed E-state index contributed by atoms with van der Waals surface area (Å²) in [5.74, 6) is 0.384. The summed E-state index contributed by atoms with van der Waals surface area (Å²) in [5, 5.41) is 12.8. The number of nitrogens with one attached hydrogen (secondary N) is 1. The van der Waals surface area contributed by atoms with Crippen LogP contribution < -0.4 is 5.32 Å². The van der Waals surface area contributed by atoms with Crippen molar-refractivity contribution in [1.82, 2.24) is 5.32 Å². The quantitative estimate of drug-likeness (QED) is 0.771. The summed E-state index contributed by atoms with van der Waals surface area (Å²) in [5.41, 5.74) is 2.16. The molecule has 0 saturated carbocycles. The third kappa shape index (κ3) is 2.74. The van der Waals surface area contributed by atoms with Crippen molar-refractivity contribution in [3.05, 3.63) is 29.3 Å². The Hall–Kier alpha value is -1.02. The lowest BCUT2D eigenvalue weighted by molar-refractivity contribution is 0.420. The third-order valence-electron chi connectivity index (χ3n) is 2.60. The first kappa shape index (κ1) is 11.1. The molecule has 2 N–H and O–H groups in total. The number of rotatable bonds is 3. The minimum Gasteiger partial charge on any atom is -0.508 e. The number of benzene rings is 1. The maximum atomic E-state index is 9.55. The lowest BCUT2D eigenvalue weighted by Crippen LogP contribution is -2.38. The van der Waals surface area contributed by atoms with Gasteiger partial charge < -0.3 is 10.4 Å². The number of phenolic OH excluding ortho intramolecular Hbond substituents is 1. The lowest BCUT2D eigenvalue weighted by Gasteiger charge is -2.24. The van der Waals surface area contributed by atoms with Crippen LogP contribution in [-0.2, 0) is 6.42 Å². The Labute approximate surface area is 86.0 Å². The van der Waals surface area contributed by atoms with Gasteiger partial charge in [-0.05, 0) is 51.4 Å². The normalized spacial score (nSPS) is 11.7. The minimum absolute atomic E-state index is 0.0711. The maximum absolute atomic E-state index is 9.55. The van der Waals surface area contributed by atoms with Gasteiger partial charge in [0.1, 0.15) is 5.75 Å². The molecule has 0 fully saturated rings. The molecule has 0 aliphatic heterocycles. The Bertz CT molecular complexity index is 318. The van der Waals surface area contributed by atoms with Crippen LogP contribution in [0.2, 0.25) is 0 Å². The molecule has 0 saturated heterocycles. The van der Waals surface area contributed by atoms with Crippen molar-refractivity contribution < 1.29 is 5.11 Å². The second-order valence-corrected chi connectivity index (χ2v) is 4.43. The van der Waals surface area contributed by atoms with Crippen LogP contribution in [0.1, 0.15) is 25.0 Å². The van der Waals surface area contributed by atoms with Crippen LogP contribution in [0, 0.1) is 6.92 Å². The monoisotopic (exact) mass is 193 g/mol. The van der Waals surface area contributed by atoms with E-state index < -0.39 is 0 Å². The average Bonchev–Trinajstić information content (AvgIpc) is 2.11. The molecule has 0 radical (unpaired) electrons. The van der Waals surface area contributed by atoms with E-state index in [1.54, 1.807) is 0 Å². The van der Waals surface area contributed by atoms with Crippen LogP contribution >= 0.6 is 0 Å². The van der Waals surface area contributed by atoms with Gasteiger partial charge in [-0.25, -0.2) is 0 Å². The second kappa shape index (κ2) is 4.01. The number of hydrogen-bond donors (Lipinski definition) is 2. The average molecular weight is 193 g/mol. The van der Waals surface area contributed by atoms with Crippen LogP contribution in [0.4, 0.5) is 0 Å². The molecular weight excluding hydrogens is 174 g/mol. The van der Waals surface area contributed by atoms with Crippen LogP contribution in [0.15, 0.2) is 18.2 Å². The molecule has 0 unspecified atom stereocenters. The van der Waals surface area contributed by atoms with E-state index in [9.17, 15) is 5.11 Å². The molecule has 0 heterocycles. The smallest absolute Gasteiger partial charge is 0.118 e. The van der Waals surface area contributed by atoms with Gasteiger partial charge in [-0.3, -0.25) is 0 Å². The van der Waals surface area contributed by atoms with Crippen molar-refractivity contribution in [2.45, 2.75) is 32.7 Å². The molecular formula is C12H19NO. The molecule has 0 aromatic heterocycles. The van der Waals surface area contributed by atoms with E-state index in [1.807, 2.05) is 26.1 Å². The fourth-order valence-corrected chi connectivity index (χ4v) is 1.36. The topological polar surface area (TPSA) is 32.3 Å². The molecule has 2 heteroatoms. The van der Waals surface area contributed by atoms with E-state index in [1.165, 1.54) is 0 Å². The summed E-state index contributed by atoms with van der Waals surface area (Å²) in [6.07, 6.45) is 0.914. The lowest BCUT2D eigenvalue weighted by atomic mass is 9.94. The van der Waals surface area contributed by atoms with Gasteiger partial charge in [0.25, 0.3) is 0 Å². The highest BCUT2D eigenvalue weighted by atomic mass is 16.3. The molecule has 1 aromatic rings. The maximum Gasteiger partial charge on any atom is 0.118 e. The van der Waals surface area contributed by atoms with Crippen LogP contribution in [0.5, 0.6) is 5.75 Å². The summed E-state index contributed by atoms with van der Waals surface area (Å²) in [4.78, 5) is 0. The Morgan fingerprint density at radius 2 is 2.00 bits per heavy atom. The highest BCUT2D eigenvalue weighted by Crippen LogP contribution is 2.20. The molecule has 1 aromatic carbocycles. The number of aryl methyl sites for hydroxylation is 1. The Balaban J connectivity index is 2.83. The Kier molecular flexibility index (Phi) is 3.17. The van der Waals surface area contributed by atoms with Crippen LogP contribution in [0.25, 0.3) is 0 Å². The molecule has 0 aliphatic carbocycles. The van der Waals surface area contributed by atoms with E-state index in [0.29, 0.717) is 5.75 Å². The van der Waals surface area contributed by atoms with Crippen LogP contribution in [0.3, 0.4) is 0 Å². The molecule has 0 aliphatic rings. The summed E-state index contributed by atoms with van der Waals surface area (Å²) >= 11 is 0. The predicted octanol–water partition coefficient (Wildman–Crippen LogP) is 2.24. The van der Waals surface area contributed by atoms with Gasteiger partial charge >= 0.3 is 0 Å². The molecule has 14 heavy (non-hydrogen) atoms. The van der Waals surface area contributed by atoms with Crippen molar-refractivity contribution in [3.8, 4) is 5.75 Å². The molecule has 2 nitrogen and oxygen atoms in total. The fraction of sp³-hybridized carbons (Fsp3) is 0.500.